The van der Waals surface area contributed by atoms with Crippen LogP contribution in [0.25, 0.3) is 0 Å². The van der Waals surface area contributed by atoms with Crippen LogP contribution in [0, 0.1) is 0 Å². The van der Waals surface area contributed by atoms with Gasteiger partial charge in [0, 0.05) is 17.3 Å². The molecule has 2 atom stereocenters. The molecule has 1 N–H and O–H groups in total. The van der Waals surface area contributed by atoms with Crippen molar-refractivity contribution in [2.75, 3.05) is 13.2 Å². The van der Waals surface area contributed by atoms with E-state index in [4.69, 9.17) is 4.74 Å². The zero-order valence-corrected chi connectivity index (χ0v) is 13.2. The van der Waals surface area contributed by atoms with Gasteiger partial charge in [-0.15, -0.1) is 0 Å². The molecule has 0 spiro atoms. The Hall–Kier alpha value is -0.450. The number of pyridine rings is 1. The van der Waals surface area contributed by atoms with Crippen LogP contribution in [0.5, 0.6) is 0 Å². The number of nitrogens with one attached hydrogen (secondary N) is 1. The fourth-order valence-corrected chi connectivity index (χ4v) is 3.19. The summed E-state index contributed by atoms with van der Waals surface area (Å²) in [5, 5.41) is 3.53. The first-order chi connectivity index (χ1) is 9.31. The van der Waals surface area contributed by atoms with Gasteiger partial charge < -0.3 is 10.1 Å². The Morgan fingerprint density at radius 3 is 3.16 bits per heavy atom. The number of aromatic nitrogens is 1. The Morgan fingerprint density at radius 2 is 2.47 bits per heavy atom. The van der Waals surface area contributed by atoms with Crippen LogP contribution < -0.4 is 5.32 Å². The first kappa shape index (κ1) is 14.9. The lowest BCUT2D eigenvalue weighted by Gasteiger charge is -2.19. The number of ether oxygens (including phenoxy) is 1. The van der Waals surface area contributed by atoms with E-state index in [-0.39, 0.29) is 0 Å². The van der Waals surface area contributed by atoms with Crippen molar-refractivity contribution in [2.45, 2.75) is 51.2 Å². The van der Waals surface area contributed by atoms with Crippen LogP contribution in [0.2, 0.25) is 0 Å². The minimum Gasteiger partial charge on any atom is -0.378 e. The number of nitrogens with zero attached hydrogens (tertiary/aromatic N) is 1. The van der Waals surface area contributed by atoms with Gasteiger partial charge in [-0.25, -0.2) is 0 Å². The number of hydrogen-bond donors (Lipinski definition) is 1. The Kier molecular flexibility index (Phi) is 6.28. The van der Waals surface area contributed by atoms with Gasteiger partial charge in [-0.3, -0.25) is 4.98 Å². The molecule has 3 nitrogen and oxygen atoms in total. The molecule has 0 aromatic carbocycles. The van der Waals surface area contributed by atoms with Gasteiger partial charge in [0.1, 0.15) is 0 Å². The Morgan fingerprint density at radius 1 is 1.58 bits per heavy atom. The summed E-state index contributed by atoms with van der Waals surface area (Å²) in [6.07, 6.45) is 8.30. The minimum absolute atomic E-state index is 0.335. The fourth-order valence-electron chi connectivity index (χ4n) is 2.66. The van der Waals surface area contributed by atoms with Crippen molar-refractivity contribution in [3.05, 3.63) is 28.5 Å². The molecule has 19 heavy (non-hydrogen) atoms. The monoisotopic (exact) mass is 326 g/mol. The van der Waals surface area contributed by atoms with E-state index in [1.807, 2.05) is 12.3 Å². The van der Waals surface area contributed by atoms with Gasteiger partial charge >= 0.3 is 0 Å². The first-order valence-electron chi connectivity index (χ1n) is 7.26. The van der Waals surface area contributed by atoms with E-state index in [0.717, 1.165) is 29.7 Å². The van der Waals surface area contributed by atoms with Crippen molar-refractivity contribution in [3.63, 3.8) is 0 Å². The van der Waals surface area contributed by atoms with Crippen LogP contribution in [-0.4, -0.2) is 24.2 Å². The zero-order chi connectivity index (χ0) is 13.5. The van der Waals surface area contributed by atoms with E-state index in [9.17, 15) is 0 Å². The number of rotatable bonds is 7. The summed E-state index contributed by atoms with van der Waals surface area (Å²) >= 11 is 3.60. The van der Waals surface area contributed by atoms with Gasteiger partial charge in [0.15, 0.2) is 0 Å². The summed E-state index contributed by atoms with van der Waals surface area (Å²) in [6, 6.07) is 4.36. The predicted octanol–water partition coefficient (Wildman–Crippen LogP) is 3.84. The van der Waals surface area contributed by atoms with Crippen molar-refractivity contribution in [2.24, 2.45) is 0 Å². The molecule has 1 saturated heterocycles. The minimum atomic E-state index is 0.335. The summed E-state index contributed by atoms with van der Waals surface area (Å²) in [4.78, 5) is 4.51. The second kappa shape index (κ2) is 7.98. The molecule has 0 amide bonds. The molecule has 1 aromatic heterocycles. The van der Waals surface area contributed by atoms with Gasteiger partial charge in [0.2, 0.25) is 0 Å². The highest BCUT2D eigenvalue weighted by Crippen LogP contribution is 2.26. The highest BCUT2D eigenvalue weighted by atomic mass is 79.9. The number of halogens is 1. The van der Waals surface area contributed by atoms with Gasteiger partial charge in [-0.2, -0.15) is 0 Å². The molecular weight excluding hydrogens is 304 g/mol. The normalized spacial score (nSPS) is 20.6. The average molecular weight is 327 g/mol. The molecule has 4 heteroatoms. The lowest BCUT2D eigenvalue weighted by molar-refractivity contribution is 0.101. The standard InChI is InChI=1S/C15H23BrN2O/c1-2-17-14(15-13(16)8-4-10-18-15)9-3-6-12-7-5-11-19-12/h4,8,10,12,14,17H,2-3,5-7,9,11H2,1H3. The van der Waals surface area contributed by atoms with Gasteiger partial charge in [-0.1, -0.05) is 6.92 Å². The second-order valence-corrected chi connectivity index (χ2v) is 5.90. The highest BCUT2D eigenvalue weighted by molar-refractivity contribution is 9.10. The second-order valence-electron chi connectivity index (χ2n) is 5.05. The van der Waals surface area contributed by atoms with Crippen molar-refractivity contribution in [1.82, 2.24) is 10.3 Å². The predicted molar refractivity (Wildman–Crippen MR) is 81.2 cm³/mol. The summed E-state index contributed by atoms with van der Waals surface area (Å²) in [5.74, 6) is 0. The first-order valence-corrected chi connectivity index (χ1v) is 8.06. The smallest absolute Gasteiger partial charge is 0.0714 e. The Labute approximate surface area is 124 Å². The lowest BCUT2D eigenvalue weighted by atomic mass is 10.0. The van der Waals surface area contributed by atoms with Crippen molar-refractivity contribution >= 4 is 15.9 Å². The molecule has 2 heterocycles. The molecule has 1 aliphatic rings. The maximum absolute atomic E-state index is 5.68. The summed E-state index contributed by atoms with van der Waals surface area (Å²) in [7, 11) is 0. The van der Waals surface area contributed by atoms with Crippen molar-refractivity contribution in [1.29, 1.82) is 0 Å². The Balaban J connectivity index is 1.87. The number of hydrogen-bond acceptors (Lipinski definition) is 3. The molecule has 1 fully saturated rings. The van der Waals surface area contributed by atoms with E-state index >= 15 is 0 Å². The maximum atomic E-state index is 5.68. The highest BCUT2D eigenvalue weighted by Gasteiger charge is 2.18. The van der Waals surface area contributed by atoms with Crippen molar-refractivity contribution in [3.8, 4) is 0 Å². The molecule has 0 aliphatic carbocycles. The molecule has 0 saturated carbocycles. The Bertz CT molecular complexity index is 380. The van der Waals surface area contributed by atoms with Gasteiger partial charge in [0.25, 0.3) is 0 Å². The van der Waals surface area contributed by atoms with E-state index in [1.54, 1.807) is 0 Å². The molecule has 1 aromatic rings. The van der Waals surface area contributed by atoms with Gasteiger partial charge in [0.05, 0.1) is 17.8 Å². The summed E-state index contributed by atoms with van der Waals surface area (Å²) in [6.45, 7) is 4.06. The van der Waals surface area contributed by atoms with E-state index in [2.05, 4.69) is 39.2 Å². The van der Waals surface area contributed by atoms with E-state index < -0.39 is 0 Å². The molecule has 2 rings (SSSR count). The molecule has 0 bridgehead atoms. The van der Waals surface area contributed by atoms with E-state index in [1.165, 1.54) is 25.7 Å². The third-order valence-corrected chi connectivity index (χ3v) is 4.28. The van der Waals surface area contributed by atoms with Crippen LogP contribution >= 0.6 is 15.9 Å². The topological polar surface area (TPSA) is 34.1 Å². The largest absolute Gasteiger partial charge is 0.378 e. The molecular formula is C15H23BrN2O. The average Bonchev–Trinajstić information content (AvgIpc) is 2.92. The van der Waals surface area contributed by atoms with Crippen molar-refractivity contribution < 1.29 is 4.74 Å². The summed E-state index contributed by atoms with van der Waals surface area (Å²) < 4.78 is 6.77. The van der Waals surface area contributed by atoms with E-state index in [0.29, 0.717) is 12.1 Å². The van der Waals surface area contributed by atoms with Crippen LogP contribution in [0.15, 0.2) is 22.8 Å². The lowest BCUT2D eigenvalue weighted by Crippen LogP contribution is -2.22. The van der Waals surface area contributed by atoms with Gasteiger partial charge in [-0.05, 0) is 66.7 Å². The molecule has 2 unspecified atom stereocenters. The SMILES string of the molecule is CCNC(CCCC1CCCO1)c1ncccc1Br. The van der Waals surface area contributed by atoms with Crippen LogP contribution in [-0.2, 0) is 4.74 Å². The maximum Gasteiger partial charge on any atom is 0.0714 e. The quantitative estimate of drug-likeness (QED) is 0.826. The van der Waals surface area contributed by atoms with Crippen LogP contribution in [0.3, 0.4) is 0 Å². The molecule has 1 aliphatic heterocycles. The third kappa shape index (κ3) is 4.55. The third-order valence-electron chi connectivity index (χ3n) is 3.61. The van der Waals surface area contributed by atoms with Crippen LogP contribution in [0.1, 0.15) is 50.8 Å². The molecule has 0 radical (unpaired) electrons. The zero-order valence-electron chi connectivity index (χ0n) is 11.6. The van der Waals surface area contributed by atoms with Crippen LogP contribution in [0.4, 0.5) is 0 Å². The fraction of sp³-hybridized carbons (Fsp3) is 0.667. The summed E-state index contributed by atoms with van der Waals surface area (Å²) in [5.41, 5.74) is 1.12. The molecule has 106 valence electrons.